The fourth-order valence-corrected chi connectivity index (χ4v) is 1.78. The number of aromatic amines is 1. The molecule has 5 nitrogen and oxygen atoms in total. The predicted molar refractivity (Wildman–Crippen MR) is 67.4 cm³/mol. The van der Waals surface area contributed by atoms with Gasteiger partial charge in [-0.3, -0.25) is 9.59 Å². The first-order chi connectivity index (χ1) is 8.93. The number of nitrogens with zero attached hydrogens (tertiary/aromatic N) is 1. The van der Waals surface area contributed by atoms with E-state index in [9.17, 15) is 18.8 Å². The lowest BCUT2D eigenvalue weighted by molar-refractivity contribution is 0.101. The van der Waals surface area contributed by atoms with Crippen molar-refractivity contribution in [2.75, 3.05) is 0 Å². The molecule has 0 atom stereocenters. The highest BCUT2D eigenvalue weighted by Gasteiger charge is 2.15. The number of carbonyl (C=O) groups excluding carboxylic acids is 1. The van der Waals surface area contributed by atoms with Crippen molar-refractivity contribution in [3.05, 3.63) is 62.2 Å². The third kappa shape index (κ3) is 2.12. The molecule has 98 valence electrons. The van der Waals surface area contributed by atoms with E-state index in [0.29, 0.717) is 0 Å². The molecule has 0 aliphatic heterocycles. The van der Waals surface area contributed by atoms with E-state index in [0.717, 1.165) is 10.8 Å². The standard InChI is InChI=1S/C13H11FN2O3/c1-7-10(14)4-3-5-11(7)16-12(18)9(8(2)17)6-15-13(16)19/h3-6H,1-2H3,(H,15,19). The van der Waals surface area contributed by atoms with E-state index >= 15 is 0 Å². The number of Topliss-reactive ketones (excluding diaryl/α,β-unsaturated/α-hetero) is 1. The second-order valence-corrected chi connectivity index (χ2v) is 4.09. The van der Waals surface area contributed by atoms with Crippen molar-refractivity contribution in [1.29, 1.82) is 0 Å². The minimum Gasteiger partial charge on any atom is -0.313 e. The van der Waals surface area contributed by atoms with Crippen molar-refractivity contribution < 1.29 is 9.18 Å². The summed E-state index contributed by atoms with van der Waals surface area (Å²) in [6, 6.07) is 4.07. The molecule has 19 heavy (non-hydrogen) atoms. The summed E-state index contributed by atoms with van der Waals surface area (Å²) in [6.07, 6.45) is 1.07. The Morgan fingerprint density at radius 1 is 1.32 bits per heavy atom. The predicted octanol–water partition coefficient (Wildman–Crippen LogP) is 1.18. The third-order valence-corrected chi connectivity index (χ3v) is 2.84. The fourth-order valence-electron chi connectivity index (χ4n) is 1.78. The number of hydrogen-bond donors (Lipinski definition) is 1. The number of halogens is 1. The quantitative estimate of drug-likeness (QED) is 0.826. The van der Waals surface area contributed by atoms with E-state index in [2.05, 4.69) is 4.98 Å². The molecule has 2 aromatic rings. The highest BCUT2D eigenvalue weighted by Crippen LogP contribution is 2.13. The smallest absolute Gasteiger partial charge is 0.313 e. The number of hydrogen-bond acceptors (Lipinski definition) is 3. The molecule has 0 saturated heterocycles. The number of H-pyrrole nitrogens is 1. The second-order valence-electron chi connectivity index (χ2n) is 4.09. The van der Waals surface area contributed by atoms with Gasteiger partial charge >= 0.3 is 5.69 Å². The van der Waals surface area contributed by atoms with Gasteiger partial charge in [0.15, 0.2) is 5.78 Å². The Kier molecular flexibility index (Phi) is 3.16. The van der Waals surface area contributed by atoms with Crippen LogP contribution in [-0.2, 0) is 0 Å². The maximum Gasteiger partial charge on any atom is 0.333 e. The lowest BCUT2D eigenvalue weighted by Gasteiger charge is -2.09. The van der Waals surface area contributed by atoms with E-state index < -0.39 is 22.8 Å². The van der Waals surface area contributed by atoms with Gasteiger partial charge in [-0.2, -0.15) is 0 Å². The van der Waals surface area contributed by atoms with Crippen LogP contribution in [0.15, 0.2) is 34.0 Å². The van der Waals surface area contributed by atoms with Gasteiger partial charge in [-0.05, 0) is 26.0 Å². The van der Waals surface area contributed by atoms with Crippen LogP contribution in [0.25, 0.3) is 5.69 Å². The SMILES string of the molecule is CC(=O)c1c[nH]c(=O)n(-c2cccc(F)c2C)c1=O. The molecule has 1 aromatic carbocycles. The Labute approximate surface area is 107 Å². The minimum atomic E-state index is -0.759. The fraction of sp³-hybridized carbons (Fsp3) is 0.154. The molecule has 6 heteroatoms. The summed E-state index contributed by atoms with van der Waals surface area (Å²) in [7, 11) is 0. The van der Waals surface area contributed by atoms with Crippen LogP contribution in [0.1, 0.15) is 22.8 Å². The van der Waals surface area contributed by atoms with Gasteiger partial charge in [-0.1, -0.05) is 6.07 Å². The van der Waals surface area contributed by atoms with Gasteiger partial charge in [-0.15, -0.1) is 0 Å². The highest BCUT2D eigenvalue weighted by atomic mass is 19.1. The highest BCUT2D eigenvalue weighted by molar-refractivity contribution is 5.93. The summed E-state index contributed by atoms with van der Waals surface area (Å²) < 4.78 is 14.3. The lowest BCUT2D eigenvalue weighted by atomic mass is 10.1. The molecule has 0 saturated carbocycles. The average Bonchev–Trinajstić information content (AvgIpc) is 2.34. The Morgan fingerprint density at radius 3 is 2.63 bits per heavy atom. The first kappa shape index (κ1) is 12.9. The number of nitrogens with one attached hydrogen (secondary N) is 1. The molecule has 0 amide bonds. The Balaban J connectivity index is 2.87. The van der Waals surface area contributed by atoms with Crippen molar-refractivity contribution in [3.8, 4) is 5.69 Å². The normalized spacial score (nSPS) is 10.5. The number of ketones is 1. The second kappa shape index (κ2) is 4.64. The van der Waals surface area contributed by atoms with Crippen molar-refractivity contribution >= 4 is 5.78 Å². The molecule has 0 aliphatic rings. The van der Waals surface area contributed by atoms with Gasteiger partial charge in [0.05, 0.1) is 11.3 Å². The minimum absolute atomic E-state index is 0.120. The van der Waals surface area contributed by atoms with Crippen molar-refractivity contribution in [2.45, 2.75) is 13.8 Å². The van der Waals surface area contributed by atoms with Crippen LogP contribution in [0.4, 0.5) is 4.39 Å². The molecule has 2 rings (SSSR count). The number of rotatable bonds is 2. The van der Waals surface area contributed by atoms with E-state index in [-0.39, 0.29) is 16.8 Å². The monoisotopic (exact) mass is 262 g/mol. The van der Waals surface area contributed by atoms with E-state index in [1.54, 1.807) is 0 Å². The van der Waals surface area contributed by atoms with Crippen LogP contribution < -0.4 is 11.2 Å². The molecular weight excluding hydrogens is 251 g/mol. The summed E-state index contributed by atoms with van der Waals surface area (Å²) in [5.41, 5.74) is -1.35. The molecule has 0 spiro atoms. The molecule has 1 heterocycles. The third-order valence-electron chi connectivity index (χ3n) is 2.84. The summed E-state index contributed by atoms with van der Waals surface area (Å²) in [5, 5.41) is 0. The largest absolute Gasteiger partial charge is 0.333 e. The summed E-state index contributed by atoms with van der Waals surface area (Å²) in [6.45, 7) is 2.68. The van der Waals surface area contributed by atoms with Crippen molar-refractivity contribution in [2.24, 2.45) is 0 Å². The number of aromatic nitrogens is 2. The topological polar surface area (TPSA) is 71.9 Å². The molecule has 0 aliphatic carbocycles. The number of carbonyl (C=O) groups is 1. The molecular formula is C13H11FN2O3. The summed E-state index contributed by atoms with van der Waals surface area (Å²) in [4.78, 5) is 37.5. The van der Waals surface area contributed by atoms with Gasteiger partial charge in [0, 0.05) is 11.8 Å². The molecule has 0 bridgehead atoms. The Hall–Kier alpha value is -2.50. The molecule has 1 N–H and O–H groups in total. The maximum absolute atomic E-state index is 13.5. The lowest BCUT2D eigenvalue weighted by Crippen LogP contribution is -2.36. The zero-order chi connectivity index (χ0) is 14.2. The van der Waals surface area contributed by atoms with Crippen LogP contribution in [0.3, 0.4) is 0 Å². The molecule has 0 unspecified atom stereocenters. The van der Waals surface area contributed by atoms with E-state index in [1.807, 2.05) is 0 Å². The maximum atomic E-state index is 13.5. The van der Waals surface area contributed by atoms with Crippen molar-refractivity contribution in [1.82, 2.24) is 9.55 Å². The average molecular weight is 262 g/mol. The zero-order valence-corrected chi connectivity index (χ0v) is 10.4. The van der Waals surface area contributed by atoms with E-state index in [4.69, 9.17) is 0 Å². The van der Waals surface area contributed by atoms with Crippen LogP contribution >= 0.6 is 0 Å². The van der Waals surface area contributed by atoms with Crippen LogP contribution in [0, 0.1) is 12.7 Å². The molecule has 0 radical (unpaired) electrons. The van der Waals surface area contributed by atoms with Crippen molar-refractivity contribution in [3.63, 3.8) is 0 Å². The molecule has 0 fully saturated rings. The van der Waals surface area contributed by atoms with Gasteiger partial charge < -0.3 is 4.98 Å². The molecule has 1 aromatic heterocycles. The van der Waals surface area contributed by atoms with Crippen LogP contribution in [0.5, 0.6) is 0 Å². The Morgan fingerprint density at radius 2 is 2.00 bits per heavy atom. The van der Waals surface area contributed by atoms with Crippen LogP contribution in [-0.4, -0.2) is 15.3 Å². The van der Waals surface area contributed by atoms with Gasteiger partial charge in [0.25, 0.3) is 5.56 Å². The first-order valence-electron chi connectivity index (χ1n) is 5.54. The number of benzene rings is 1. The van der Waals surface area contributed by atoms with Crippen LogP contribution in [0.2, 0.25) is 0 Å². The zero-order valence-electron chi connectivity index (χ0n) is 10.4. The first-order valence-corrected chi connectivity index (χ1v) is 5.54. The van der Waals surface area contributed by atoms with Gasteiger partial charge in [0.1, 0.15) is 5.82 Å². The van der Waals surface area contributed by atoms with E-state index in [1.165, 1.54) is 32.0 Å². The summed E-state index contributed by atoms with van der Waals surface area (Å²) in [5.74, 6) is -0.999. The van der Waals surface area contributed by atoms with Gasteiger partial charge in [-0.25, -0.2) is 13.8 Å². The van der Waals surface area contributed by atoms with Gasteiger partial charge in [0.2, 0.25) is 0 Å². The summed E-state index contributed by atoms with van der Waals surface area (Å²) >= 11 is 0. The Bertz CT molecular complexity index is 774.